The molecule has 0 aliphatic rings. The van der Waals surface area contributed by atoms with E-state index in [-0.39, 0.29) is 21.5 Å². The number of aromatic hydroxyl groups is 1. The molecule has 0 radical (unpaired) electrons. The highest BCUT2D eigenvalue weighted by molar-refractivity contribution is 7.90. The molecule has 0 saturated carbocycles. The normalized spacial score (nSPS) is 12.3. The number of carbonyl (C=O) groups excluding carboxylic acids is 1. The SMILES string of the molecule is Cc1ccc(S(=O)(=O)/N=C(/C(=O)c2ccccc2)c2[nH]c3ccc(F)cc3c2O)cc1. The van der Waals surface area contributed by atoms with Crippen molar-refractivity contribution in [1.29, 1.82) is 0 Å². The Hall–Kier alpha value is -3.78. The molecule has 0 amide bonds. The highest BCUT2D eigenvalue weighted by Crippen LogP contribution is 2.31. The van der Waals surface area contributed by atoms with Gasteiger partial charge in [0.05, 0.1) is 4.90 Å². The van der Waals surface area contributed by atoms with E-state index in [9.17, 15) is 22.7 Å². The first kappa shape index (κ1) is 20.5. The first-order valence-corrected chi connectivity index (χ1v) is 10.7. The van der Waals surface area contributed by atoms with Crippen LogP contribution in [0.3, 0.4) is 0 Å². The van der Waals surface area contributed by atoms with E-state index in [2.05, 4.69) is 9.38 Å². The van der Waals surface area contributed by atoms with Gasteiger partial charge in [-0.05, 0) is 37.3 Å². The first-order chi connectivity index (χ1) is 14.8. The largest absolute Gasteiger partial charge is 0.505 e. The van der Waals surface area contributed by atoms with E-state index in [1.54, 1.807) is 30.3 Å². The number of nitrogens with one attached hydrogen (secondary N) is 1. The first-order valence-electron chi connectivity index (χ1n) is 9.28. The fourth-order valence-corrected chi connectivity index (χ4v) is 4.13. The molecule has 0 saturated heterocycles. The third kappa shape index (κ3) is 3.97. The van der Waals surface area contributed by atoms with Crippen molar-refractivity contribution in [3.05, 3.63) is 95.4 Å². The Morgan fingerprint density at radius 3 is 2.35 bits per heavy atom. The zero-order valence-electron chi connectivity index (χ0n) is 16.3. The number of benzene rings is 3. The van der Waals surface area contributed by atoms with Crippen LogP contribution in [0.5, 0.6) is 5.75 Å². The van der Waals surface area contributed by atoms with Crippen LogP contribution in [0.2, 0.25) is 0 Å². The van der Waals surface area contributed by atoms with E-state index in [0.29, 0.717) is 5.52 Å². The summed E-state index contributed by atoms with van der Waals surface area (Å²) in [5.41, 5.74) is 0.671. The standard InChI is InChI=1S/C23H17FN2O4S/c1-14-7-10-17(11-8-14)31(29,30)26-21(22(27)15-5-3-2-4-6-15)20-23(28)18-13-16(24)9-12-19(18)25-20/h2-13,25,28H,1H3/b26-21+. The van der Waals surface area contributed by atoms with Crippen LogP contribution in [-0.2, 0) is 10.0 Å². The highest BCUT2D eigenvalue weighted by atomic mass is 32.2. The van der Waals surface area contributed by atoms with E-state index in [4.69, 9.17) is 0 Å². The minimum absolute atomic E-state index is 0.0990. The number of sulfonamides is 1. The molecule has 0 aliphatic heterocycles. The topological polar surface area (TPSA) is 99.6 Å². The average Bonchev–Trinajstić information content (AvgIpc) is 3.08. The van der Waals surface area contributed by atoms with E-state index < -0.39 is 33.1 Å². The van der Waals surface area contributed by atoms with Crippen LogP contribution >= 0.6 is 0 Å². The number of Topliss-reactive ketones (excluding diaryl/α,β-unsaturated/α-hetero) is 1. The smallest absolute Gasteiger partial charge is 0.283 e. The Labute approximate surface area is 177 Å². The number of nitrogens with zero attached hydrogens (tertiary/aromatic N) is 1. The second-order valence-corrected chi connectivity index (χ2v) is 8.57. The molecule has 8 heteroatoms. The number of rotatable bonds is 5. The molecule has 1 aromatic heterocycles. The van der Waals surface area contributed by atoms with Gasteiger partial charge < -0.3 is 10.1 Å². The number of carbonyl (C=O) groups is 1. The maximum Gasteiger partial charge on any atom is 0.283 e. The van der Waals surface area contributed by atoms with Gasteiger partial charge in [-0.25, -0.2) is 4.39 Å². The van der Waals surface area contributed by atoms with Crippen molar-refractivity contribution in [3.8, 4) is 5.75 Å². The summed E-state index contributed by atoms with van der Waals surface area (Å²) in [6.07, 6.45) is 0. The van der Waals surface area contributed by atoms with Gasteiger partial charge >= 0.3 is 0 Å². The van der Waals surface area contributed by atoms with Gasteiger partial charge in [0.25, 0.3) is 10.0 Å². The summed E-state index contributed by atoms with van der Waals surface area (Å²) in [7, 11) is -4.28. The number of H-pyrrole nitrogens is 1. The van der Waals surface area contributed by atoms with Crippen molar-refractivity contribution >= 4 is 32.4 Å². The van der Waals surface area contributed by atoms with Crippen molar-refractivity contribution < 1.29 is 22.7 Å². The molecule has 0 spiro atoms. The van der Waals surface area contributed by atoms with E-state index >= 15 is 0 Å². The maximum absolute atomic E-state index is 13.7. The van der Waals surface area contributed by atoms with Gasteiger partial charge in [0.15, 0.2) is 11.5 Å². The quantitative estimate of drug-likeness (QED) is 0.358. The summed E-state index contributed by atoms with van der Waals surface area (Å²) in [5, 5.41) is 10.8. The Kier molecular flexibility index (Phi) is 5.16. The van der Waals surface area contributed by atoms with E-state index in [1.807, 2.05) is 6.92 Å². The van der Waals surface area contributed by atoms with Crippen molar-refractivity contribution in [2.75, 3.05) is 0 Å². The summed E-state index contributed by atoms with van der Waals surface area (Å²) in [6.45, 7) is 1.81. The lowest BCUT2D eigenvalue weighted by Crippen LogP contribution is -2.19. The molecule has 31 heavy (non-hydrogen) atoms. The average molecular weight is 436 g/mol. The Morgan fingerprint density at radius 1 is 1.00 bits per heavy atom. The monoisotopic (exact) mass is 436 g/mol. The van der Waals surface area contributed by atoms with Gasteiger partial charge in [0.2, 0.25) is 5.78 Å². The molecule has 156 valence electrons. The number of aromatic nitrogens is 1. The van der Waals surface area contributed by atoms with Gasteiger partial charge in [0, 0.05) is 16.5 Å². The molecule has 0 bridgehead atoms. The maximum atomic E-state index is 13.7. The van der Waals surface area contributed by atoms with Gasteiger partial charge in [-0.1, -0.05) is 48.0 Å². The molecule has 2 N–H and O–H groups in total. The predicted octanol–water partition coefficient (Wildman–Crippen LogP) is 4.38. The molecular formula is C23H17FN2O4S. The number of aryl methyl sites for hydroxylation is 1. The molecule has 4 rings (SSSR count). The van der Waals surface area contributed by atoms with Crippen molar-refractivity contribution in [2.24, 2.45) is 4.40 Å². The second kappa shape index (κ2) is 7.81. The summed E-state index contributed by atoms with van der Waals surface area (Å²) >= 11 is 0. The zero-order chi connectivity index (χ0) is 22.2. The molecule has 0 unspecified atom stereocenters. The van der Waals surface area contributed by atoms with Gasteiger partial charge in [0.1, 0.15) is 11.5 Å². The van der Waals surface area contributed by atoms with Crippen molar-refractivity contribution in [2.45, 2.75) is 11.8 Å². The van der Waals surface area contributed by atoms with Crippen LogP contribution in [0.25, 0.3) is 10.9 Å². The summed E-state index contributed by atoms with van der Waals surface area (Å²) in [6, 6.07) is 17.6. The number of halogens is 1. The number of ketones is 1. The fraction of sp³-hybridized carbons (Fsp3) is 0.0435. The van der Waals surface area contributed by atoms with E-state index in [0.717, 1.165) is 11.6 Å². The Bertz CT molecular complexity index is 1420. The van der Waals surface area contributed by atoms with Crippen molar-refractivity contribution in [3.63, 3.8) is 0 Å². The molecule has 6 nitrogen and oxygen atoms in total. The van der Waals surface area contributed by atoms with Crippen molar-refractivity contribution in [1.82, 2.24) is 4.98 Å². The molecular weight excluding hydrogens is 419 g/mol. The third-order valence-electron chi connectivity index (χ3n) is 4.75. The second-order valence-electron chi connectivity index (χ2n) is 6.96. The summed E-state index contributed by atoms with van der Waals surface area (Å²) < 4.78 is 43.3. The van der Waals surface area contributed by atoms with Gasteiger partial charge in [-0.3, -0.25) is 4.79 Å². The van der Waals surface area contributed by atoms with Crippen LogP contribution in [0.1, 0.15) is 21.6 Å². The minimum atomic E-state index is -4.28. The lowest BCUT2D eigenvalue weighted by Gasteiger charge is -2.07. The third-order valence-corrected chi connectivity index (χ3v) is 6.04. The van der Waals surface area contributed by atoms with Crippen LogP contribution in [-0.4, -0.2) is 30.0 Å². The summed E-state index contributed by atoms with van der Waals surface area (Å²) in [5.74, 6) is -1.76. The zero-order valence-corrected chi connectivity index (χ0v) is 17.2. The molecule has 0 fully saturated rings. The Balaban J connectivity index is 1.94. The number of hydrogen-bond acceptors (Lipinski definition) is 4. The van der Waals surface area contributed by atoms with E-state index in [1.165, 1.54) is 36.4 Å². The molecule has 4 aromatic rings. The Morgan fingerprint density at radius 2 is 1.68 bits per heavy atom. The van der Waals surface area contributed by atoms with Crippen LogP contribution in [0.4, 0.5) is 4.39 Å². The van der Waals surface area contributed by atoms with Gasteiger partial charge in [-0.2, -0.15) is 12.8 Å². The number of aromatic amines is 1. The molecule has 1 heterocycles. The lowest BCUT2D eigenvalue weighted by atomic mass is 10.0. The van der Waals surface area contributed by atoms with Crippen LogP contribution in [0.15, 0.2) is 82.1 Å². The predicted molar refractivity (Wildman–Crippen MR) is 116 cm³/mol. The van der Waals surface area contributed by atoms with Gasteiger partial charge in [-0.15, -0.1) is 0 Å². The summed E-state index contributed by atoms with van der Waals surface area (Å²) in [4.78, 5) is 15.9. The fourth-order valence-electron chi connectivity index (χ4n) is 3.13. The van der Waals surface area contributed by atoms with Crippen LogP contribution in [0, 0.1) is 12.7 Å². The molecule has 3 aromatic carbocycles. The highest BCUT2D eigenvalue weighted by Gasteiger charge is 2.26. The lowest BCUT2D eigenvalue weighted by molar-refractivity contribution is 0.106. The molecule has 0 atom stereocenters. The number of hydrogen-bond donors (Lipinski definition) is 2. The van der Waals surface area contributed by atoms with Crippen LogP contribution < -0.4 is 0 Å². The molecule has 0 aliphatic carbocycles. The number of fused-ring (bicyclic) bond motifs is 1. The minimum Gasteiger partial charge on any atom is -0.505 e.